The van der Waals surface area contributed by atoms with Crippen LogP contribution in [0, 0.1) is 5.92 Å². The summed E-state index contributed by atoms with van der Waals surface area (Å²) in [5, 5.41) is 0. The maximum Gasteiger partial charge on any atom is 0.236 e. The second-order valence-corrected chi connectivity index (χ2v) is 5.62. The van der Waals surface area contributed by atoms with Crippen molar-refractivity contribution in [2.75, 3.05) is 32.7 Å². The first-order chi connectivity index (χ1) is 9.02. The molecule has 1 aliphatic heterocycles. The minimum Gasteiger partial charge on any atom is -0.369 e. The Hall–Kier alpha value is -1.10. The van der Waals surface area contributed by atoms with Crippen molar-refractivity contribution in [2.24, 2.45) is 11.7 Å². The number of hydrogen-bond acceptors (Lipinski definition) is 3. The molecule has 5 heteroatoms. The van der Waals surface area contributed by atoms with E-state index < -0.39 is 0 Å². The molecule has 1 saturated heterocycles. The SMILES string of the molecule is CCCCN(CC(N)=O)CC(=O)N1CCC[C@@H](C)C1. The third-order valence-corrected chi connectivity index (χ3v) is 3.58. The van der Waals surface area contributed by atoms with E-state index in [9.17, 15) is 9.59 Å². The molecule has 19 heavy (non-hydrogen) atoms. The van der Waals surface area contributed by atoms with E-state index in [-0.39, 0.29) is 18.4 Å². The molecule has 110 valence electrons. The Balaban J connectivity index is 2.46. The van der Waals surface area contributed by atoms with E-state index in [0.717, 1.165) is 38.9 Å². The lowest BCUT2D eigenvalue weighted by molar-refractivity contribution is -0.134. The van der Waals surface area contributed by atoms with Crippen molar-refractivity contribution in [3.8, 4) is 0 Å². The minimum absolute atomic E-state index is 0.129. The van der Waals surface area contributed by atoms with Gasteiger partial charge in [-0.25, -0.2) is 0 Å². The standard InChI is InChI=1S/C14H27N3O2/c1-3-4-7-16(10-13(15)18)11-14(19)17-8-5-6-12(2)9-17/h12H,3-11H2,1-2H3,(H2,15,18)/t12-/m1/s1. The predicted octanol–water partition coefficient (Wildman–Crippen LogP) is 0.832. The second-order valence-electron chi connectivity index (χ2n) is 5.62. The number of rotatable bonds is 7. The molecular formula is C14H27N3O2. The van der Waals surface area contributed by atoms with Gasteiger partial charge in [0.25, 0.3) is 0 Å². The summed E-state index contributed by atoms with van der Waals surface area (Å²) >= 11 is 0. The van der Waals surface area contributed by atoms with E-state index in [1.165, 1.54) is 6.42 Å². The topological polar surface area (TPSA) is 66.6 Å². The summed E-state index contributed by atoms with van der Waals surface area (Å²) in [5.41, 5.74) is 5.24. The van der Waals surface area contributed by atoms with Crippen LogP contribution < -0.4 is 5.73 Å². The molecule has 2 amide bonds. The first kappa shape index (κ1) is 16.0. The first-order valence-electron chi connectivity index (χ1n) is 7.31. The molecule has 0 aromatic heterocycles. The highest BCUT2D eigenvalue weighted by Gasteiger charge is 2.22. The highest BCUT2D eigenvalue weighted by molar-refractivity contribution is 5.80. The van der Waals surface area contributed by atoms with Crippen LogP contribution in [-0.4, -0.2) is 54.3 Å². The summed E-state index contributed by atoms with van der Waals surface area (Å²) in [6.07, 6.45) is 4.31. The normalized spacial score (nSPS) is 19.7. The number of carbonyl (C=O) groups excluding carboxylic acids is 2. The van der Waals surface area contributed by atoms with Crippen LogP contribution in [0.4, 0.5) is 0 Å². The number of carbonyl (C=O) groups is 2. The van der Waals surface area contributed by atoms with Crippen LogP contribution in [0.25, 0.3) is 0 Å². The molecule has 0 aromatic rings. The van der Waals surface area contributed by atoms with Gasteiger partial charge in [0.05, 0.1) is 13.1 Å². The van der Waals surface area contributed by atoms with Crippen LogP contribution in [0.1, 0.15) is 39.5 Å². The van der Waals surface area contributed by atoms with Crippen LogP contribution in [0.2, 0.25) is 0 Å². The van der Waals surface area contributed by atoms with Crippen molar-refractivity contribution in [1.29, 1.82) is 0 Å². The Bertz CT molecular complexity index is 307. The highest BCUT2D eigenvalue weighted by Crippen LogP contribution is 2.15. The van der Waals surface area contributed by atoms with E-state index >= 15 is 0 Å². The maximum absolute atomic E-state index is 12.2. The summed E-state index contributed by atoms with van der Waals surface area (Å²) in [7, 11) is 0. The smallest absolute Gasteiger partial charge is 0.236 e. The van der Waals surface area contributed by atoms with Gasteiger partial charge in [0.1, 0.15) is 0 Å². The number of unbranched alkanes of at least 4 members (excludes halogenated alkanes) is 1. The van der Waals surface area contributed by atoms with Crippen LogP contribution in [-0.2, 0) is 9.59 Å². The molecule has 0 radical (unpaired) electrons. The van der Waals surface area contributed by atoms with Gasteiger partial charge in [-0.3, -0.25) is 14.5 Å². The average Bonchev–Trinajstić information content (AvgIpc) is 2.35. The molecule has 0 spiro atoms. The molecule has 1 heterocycles. The van der Waals surface area contributed by atoms with Crippen molar-refractivity contribution >= 4 is 11.8 Å². The molecule has 0 saturated carbocycles. The maximum atomic E-state index is 12.2. The van der Waals surface area contributed by atoms with Crippen molar-refractivity contribution in [1.82, 2.24) is 9.80 Å². The van der Waals surface area contributed by atoms with E-state index in [1.54, 1.807) is 0 Å². The van der Waals surface area contributed by atoms with Gasteiger partial charge in [-0.05, 0) is 31.7 Å². The van der Waals surface area contributed by atoms with E-state index in [2.05, 4.69) is 13.8 Å². The molecule has 1 aliphatic rings. The third-order valence-electron chi connectivity index (χ3n) is 3.58. The predicted molar refractivity (Wildman–Crippen MR) is 75.5 cm³/mol. The second kappa shape index (κ2) is 8.15. The Morgan fingerprint density at radius 1 is 1.37 bits per heavy atom. The van der Waals surface area contributed by atoms with Crippen molar-refractivity contribution in [3.05, 3.63) is 0 Å². The monoisotopic (exact) mass is 269 g/mol. The zero-order chi connectivity index (χ0) is 14.3. The number of piperidine rings is 1. The van der Waals surface area contributed by atoms with E-state index in [4.69, 9.17) is 5.73 Å². The molecule has 5 nitrogen and oxygen atoms in total. The number of amides is 2. The number of hydrogen-bond donors (Lipinski definition) is 1. The lowest BCUT2D eigenvalue weighted by atomic mass is 10.0. The van der Waals surface area contributed by atoms with Gasteiger partial charge in [-0.15, -0.1) is 0 Å². The fourth-order valence-corrected chi connectivity index (χ4v) is 2.52. The Morgan fingerprint density at radius 3 is 2.68 bits per heavy atom. The van der Waals surface area contributed by atoms with Crippen LogP contribution in [0.3, 0.4) is 0 Å². The summed E-state index contributed by atoms with van der Waals surface area (Å²) < 4.78 is 0. The zero-order valence-electron chi connectivity index (χ0n) is 12.2. The fraction of sp³-hybridized carbons (Fsp3) is 0.857. The van der Waals surface area contributed by atoms with Crippen LogP contribution >= 0.6 is 0 Å². The van der Waals surface area contributed by atoms with Gasteiger partial charge in [0.15, 0.2) is 0 Å². The van der Waals surface area contributed by atoms with Crippen molar-refractivity contribution < 1.29 is 9.59 Å². The molecule has 2 N–H and O–H groups in total. The number of nitrogens with two attached hydrogens (primary N) is 1. The summed E-state index contributed by atoms with van der Waals surface area (Å²) in [4.78, 5) is 27.1. The highest BCUT2D eigenvalue weighted by atomic mass is 16.2. The average molecular weight is 269 g/mol. The van der Waals surface area contributed by atoms with E-state index in [0.29, 0.717) is 12.5 Å². The van der Waals surface area contributed by atoms with Crippen molar-refractivity contribution in [2.45, 2.75) is 39.5 Å². The first-order valence-corrected chi connectivity index (χ1v) is 7.31. The Labute approximate surface area is 116 Å². The van der Waals surface area contributed by atoms with Gasteiger partial charge in [-0.1, -0.05) is 20.3 Å². The van der Waals surface area contributed by atoms with Gasteiger partial charge in [0, 0.05) is 13.1 Å². The summed E-state index contributed by atoms with van der Waals surface area (Å²) in [6.45, 7) is 7.21. The molecule has 0 unspecified atom stereocenters. The summed E-state index contributed by atoms with van der Waals surface area (Å²) in [6, 6.07) is 0. The number of nitrogens with zero attached hydrogens (tertiary/aromatic N) is 2. The lowest BCUT2D eigenvalue weighted by Crippen LogP contribution is -2.46. The largest absolute Gasteiger partial charge is 0.369 e. The molecule has 1 rings (SSSR count). The molecule has 0 aromatic carbocycles. The third kappa shape index (κ3) is 6.05. The summed E-state index contributed by atoms with van der Waals surface area (Å²) in [5.74, 6) is 0.345. The van der Waals surface area contributed by atoms with Crippen molar-refractivity contribution in [3.63, 3.8) is 0 Å². The van der Waals surface area contributed by atoms with Gasteiger partial charge < -0.3 is 10.6 Å². The Kier molecular flexibility index (Phi) is 6.84. The fourth-order valence-electron chi connectivity index (χ4n) is 2.52. The Morgan fingerprint density at radius 2 is 2.11 bits per heavy atom. The van der Waals surface area contributed by atoms with Gasteiger partial charge in [-0.2, -0.15) is 0 Å². The number of likely N-dealkylation sites (tertiary alicyclic amines) is 1. The molecule has 1 fully saturated rings. The molecule has 0 aliphatic carbocycles. The molecule has 0 bridgehead atoms. The van der Waals surface area contributed by atoms with Gasteiger partial charge in [0.2, 0.25) is 11.8 Å². The van der Waals surface area contributed by atoms with Crippen LogP contribution in [0.15, 0.2) is 0 Å². The zero-order valence-corrected chi connectivity index (χ0v) is 12.2. The van der Waals surface area contributed by atoms with E-state index in [1.807, 2.05) is 9.80 Å². The quantitative estimate of drug-likeness (QED) is 0.744. The lowest BCUT2D eigenvalue weighted by Gasteiger charge is -2.32. The number of primary amides is 1. The van der Waals surface area contributed by atoms with Gasteiger partial charge >= 0.3 is 0 Å². The molecule has 1 atom stereocenters. The minimum atomic E-state index is -0.365. The van der Waals surface area contributed by atoms with Crippen LogP contribution in [0.5, 0.6) is 0 Å². The molecular weight excluding hydrogens is 242 g/mol.